The van der Waals surface area contributed by atoms with Crippen LogP contribution in [-0.4, -0.2) is 19.5 Å². The minimum absolute atomic E-state index is 0.0157. The molecule has 15 heavy (non-hydrogen) atoms. The van der Waals surface area contributed by atoms with Gasteiger partial charge in [0, 0.05) is 24.4 Å². The standard InChI is InChI=1S/C11H12BrFO2/c1-15-5-4-10(14)6-8-2-3-9(12)7-11(8)13/h2-3,7H,4-6H2,1H3. The van der Waals surface area contributed by atoms with Crippen LogP contribution in [0.2, 0.25) is 0 Å². The monoisotopic (exact) mass is 274 g/mol. The Balaban J connectivity index is 2.60. The lowest BCUT2D eigenvalue weighted by Crippen LogP contribution is -2.07. The number of benzene rings is 1. The van der Waals surface area contributed by atoms with E-state index in [0.717, 1.165) is 0 Å². The van der Waals surface area contributed by atoms with Crippen LogP contribution in [0, 0.1) is 5.82 Å². The fraction of sp³-hybridized carbons (Fsp3) is 0.364. The first-order valence-corrected chi connectivity index (χ1v) is 5.37. The first-order chi connectivity index (χ1) is 7.13. The number of rotatable bonds is 5. The number of ketones is 1. The van der Waals surface area contributed by atoms with Crippen molar-refractivity contribution in [3.05, 3.63) is 34.1 Å². The van der Waals surface area contributed by atoms with Crippen LogP contribution in [-0.2, 0) is 16.0 Å². The fourth-order valence-corrected chi connectivity index (χ4v) is 1.51. The fourth-order valence-electron chi connectivity index (χ4n) is 1.18. The summed E-state index contributed by atoms with van der Waals surface area (Å²) in [5.74, 6) is -0.367. The van der Waals surface area contributed by atoms with Gasteiger partial charge in [-0.25, -0.2) is 4.39 Å². The van der Waals surface area contributed by atoms with Gasteiger partial charge in [-0.15, -0.1) is 0 Å². The van der Waals surface area contributed by atoms with Crippen LogP contribution in [0.4, 0.5) is 4.39 Å². The molecular weight excluding hydrogens is 263 g/mol. The summed E-state index contributed by atoms with van der Waals surface area (Å²) in [4.78, 5) is 11.4. The van der Waals surface area contributed by atoms with Crippen molar-refractivity contribution >= 4 is 21.7 Å². The minimum Gasteiger partial charge on any atom is -0.384 e. The summed E-state index contributed by atoms with van der Waals surface area (Å²) in [5.41, 5.74) is 0.430. The molecule has 0 spiro atoms. The van der Waals surface area contributed by atoms with E-state index >= 15 is 0 Å². The number of carbonyl (C=O) groups is 1. The Hall–Kier alpha value is -0.740. The number of hydrogen-bond donors (Lipinski definition) is 0. The SMILES string of the molecule is COCCC(=O)Cc1ccc(Br)cc1F. The van der Waals surface area contributed by atoms with Crippen molar-refractivity contribution in [3.8, 4) is 0 Å². The van der Waals surface area contributed by atoms with E-state index in [1.807, 2.05) is 0 Å². The van der Waals surface area contributed by atoms with Crippen molar-refractivity contribution in [1.82, 2.24) is 0 Å². The molecule has 0 N–H and O–H groups in total. The molecule has 0 amide bonds. The Bertz CT molecular complexity index is 352. The first-order valence-electron chi connectivity index (χ1n) is 4.58. The second-order valence-corrected chi connectivity index (χ2v) is 4.11. The van der Waals surface area contributed by atoms with Gasteiger partial charge in [0.2, 0.25) is 0 Å². The molecule has 0 unspecified atom stereocenters. The third-order valence-electron chi connectivity index (χ3n) is 1.99. The number of halogens is 2. The van der Waals surface area contributed by atoms with Crippen LogP contribution in [0.15, 0.2) is 22.7 Å². The van der Waals surface area contributed by atoms with E-state index in [2.05, 4.69) is 15.9 Å². The highest BCUT2D eigenvalue weighted by Gasteiger charge is 2.08. The maximum atomic E-state index is 13.3. The van der Waals surface area contributed by atoms with Crippen LogP contribution in [0.1, 0.15) is 12.0 Å². The topological polar surface area (TPSA) is 26.3 Å². The average molecular weight is 275 g/mol. The highest BCUT2D eigenvalue weighted by atomic mass is 79.9. The summed E-state index contributed by atoms with van der Waals surface area (Å²) in [6.07, 6.45) is 0.453. The molecule has 0 saturated heterocycles. The number of ether oxygens (including phenoxy) is 1. The molecule has 0 atom stereocenters. The summed E-state index contributed by atoms with van der Waals surface area (Å²) in [5, 5.41) is 0. The molecule has 0 aliphatic carbocycles. The molecule has 0 bridgehead atoms. The zero-order valence-electron chi connectivity index (χ0n) is 8.43. The van der Waals surface area contributed by atoms with Crippen molar-refractivity contribution in [2.24, 2.45) is 0 Å². The number of Topliss-reactive ketones (excluding diaryl/α,β-unsaturated/α-hetero) is 1. The van der Waals surface area contributed by atoms with Gasteiger partial charge in [-0.3, -0.25) is 4.79 Å². The maximum Gasteiger partial charge on any atom is 0.139 e. The normalized spacial score (nSPS) is 10.3. The second kappa shape index (κ2) is 5.98. The molecule has 0 saturated carbocycles. The largest absolute Gasteiger partial charge is 0.384 e. The highest BCUT2D eigenvalue weighted by Crippen LogP contribution is 2.16. The van der Waals surface area contributed by atoms with Gasteiger partial charge in [-0.2, -0.15) is 0 Å². The quantitative estimate of drug-likeness (QED) is 0.826. The molecule has 0 radical (unpaired) electrons. The Morgan fingerprint density at radius 3 is 2.87 bits per heavy atom. The van der Waals surface area contributed by atoms with Gasteiger partial charge in [0.1, 0.15) is 11.6 Å². The van der Waals surface area contributed by atoms with E-state index in [9.17, 15) is 9.18 Å². The van der Waals surface area contributed by atoms with Crippen molar-refractivity contribution in [2.45, 2.75) is 12.8 Å². The van der Waals surface area contributed by atoms with Crippen molar-refractivity contribution in [1.29, 1.82) is 0 Å². The number of hydrogen-bond acceptors (Lipinski definition) is 2. The first kappa shape index (κ1) is 12.3. The summed E-state index contributed by atoms with van der Waals surface area (Å²) in [6, 6.07) is 4.70. The molecule has 0 aliphatic rings. The highest BCUT2D eigenvalue weighted by molar-refractivity contribution is 9.10. The molecule has 2 nitrogen and oxygen atoms in total. The van der Waals surface area contributed by atoms with Crippen molar-refractivity contribution in [2.75, 3.05) is 13.7 Å². The van der Waals surface area contributed by atoms with E-state index in [0.29, 0.717) is 23.1 Å². The van der Waals surface area contributed by atoms with E-state index in [1.54, 1.807) is 12.1 Å². The van der Waals surface area contributed by atoms with E-state index in [1.165, 1.54) is 13.2 Å². The van der Waals surface area contributed by atoms with Gasteiger partial charge in [-0.05, 0) is 17.7 Å². The lowest BCUT2D eigenvalue weighted by atomic mass is 10.1. The van der Waals surface area contributed by atoms with Crippen LogP contribution in [0.5, 0.6) is 0 Å². The van der Waals surface area contributed by atoms with Gasteiger partial charge in [0.25, 0.3) is 0 Å². The Morgan fingerprint density at radius 2 is 2.27 bits per heavy atom. The molecular formula is C11H12BrFO2. The van der Waals surface area contributed by atoms with Crippen LogP contribution < -0.4 is 0 Å². The summed E-state index contributed by atoms with van der Waals surface area (Å²) >= 11 is 3.16. The lowest BCUT2D eigenvalue weighted by molar-refractivity contribution is -0.119. The molecule has 1 aromatic carbocycles. The van der Waals surface area contributed by atoms with E-state index in [-0.39, 0.29) is 18.0 Å². The third-order valence-corrected chi connectivity index (χ3v) is 2.48. The second-order valence-electron chi connectivity index (χ2n) is 3.19. The number of methoxy groups -OCH3 is 1. The summed E-state index contributed by atoms with van der Waals surface area (Å²) in [6.45, 7) is 0.386. The van der Waals surface area contributed by atoms with Gasteiger partial charge in [-0.1, -0.05) is 22.0 Å². The van der Waals surface area contributed by atoms with Gasteiger partial charge in [0.15, 0.2) is 0 Å². The summed E-state index contributed by atoms with van der Waals surface area (Å²) in [7, 11) is 1.54. The zero-order valence-corrected chi connectivity index (χ0v) is 10.0. The Kier molecular flexibility index (Phi) is 4.91. The molecule has 1 aromatic rings. The maximum absolute atomic E-state index is 13.3. The Labute approximate surface area is 96.6 Å². The zero-order chi connectivity index (χ0) is 11.3. The molecule has 0 aromatic heterocycles. The molecule has 0 fully saturated rings. The van der Waals surface area contributed by atoms with Crippen molar-refractivity contribution in [3.63, 3.8) is 0 Å². The average Bonchev–Trinajstić information content (AvgIpc) is 2.19. The minimum atomic E-state index is -0.352. The lowest BCUT2D eigenvalue weighted by Gasteiger charge is -2.03. The van der Waals surface area contributed by atoms with Gasteiger partial charge in [0.05, 0.1) is 6.61 Å². The molecule has 0 heterocycles. The van der Waals surface area contributed by atoms with E-state index in [4.69, 9.17) is 4.74 Å². The molecule has 1 rings (SSSR count). The Morgan fingerprint density at radius 1 is 1.53 bits per heavy atom. The van der Waals surface area contributed by atoms with Crippen molar-refractivity contribution < 1.29 is 13.9 Å². The number of carbonyl (C=O) groups excluding carboxylic acids is 1. The predicted molar refractivity (Wildman–Crippen MR) is 59.3 cm³/mol. The van der Waals surface area contributed by atoms with Crippen LogP contribution in [0.3, 0.4) is 0 Å². The smallest absolute Gasteiger partial charge is 0.139 e. The van der Waals surface area contributed by atoms with Gasteiger partial charge < -0.3 is 4.74 Å². The molecule has 82 valence electrons. The third kappa shape index (κ3) is 4.10. The van der Waals surface area contributed by atoms with E-state index < -0.39 is 0 Å². The molecule has 0 aliphatic heterocycles. The van der Waals surface area contributed by atoms with Crippen LogP contribution >= 0.6 is 15.9 Å². The predicted octanol–water partition coefficient (Wildman–Crippen LogP) is 2.74. The molecule has 4 heteroatoms. The summed E-state index contributed by atoms with van der Waals surface area (Å²) < 4.78 is 18.8. The van der Waals surface area contributed by atoms with Gasteiger partial charge >= 0.3 is 0 Å². The van der Waals surface area contributed by atoms with Crippen LogP contribution in [0.25, 0.3) is 0 Å².